The molecule has 1 N–H and O–H groups in total. The number of nitrogens with one attached hydrogen (secondary N) is 1. The highest BCUT2D eigenvalue weighted by molar-refractivity contribution is 4.84. The number of hydrogen-bond acceptors (Lipinski definition) is 2. The maximum atomic E-state index is 5.27. The molecule has 46 valence electrons. The first-order chi connectivity index (χ1) is 3.97. The van der Waals surface area contributed by atoms with Gasteiger partial charge in [0.2, 0.25) is 0 Å². The van der Waals surface area contributed by atoms with Crippen molar-refractivity contribution < 1.29 is 4.74 Å². The van der Waals surface area contributed by atoms with E-state index in [2.05, 4.69) is 5.32 Å². The van der Waals surface area contributed by atoms with E-state index in [0.29, 0.717) is 6.10 Å². The van der Waals surface area contributed by atoms with Crippen LogP contribution in [0, 0.1) is 5.92 Å². The Hall–Kier alpha value is -0.0800. The Bertz CT molecular complexity index is 82.5. The van der Waals surface area contributed by atoms with Crippen LogP contribution >= 0.6 is 0 Å². The van der Waals surface area contributed by atoms with Crippen LogP contribution in [0.15, 0.2) is 0 Å². The average molecular weight is 113 g/mol. The second-order valence-corrected chi connectivity index (χ2v) is 2.62. The third-order valence-corrected chi connectivity index (χ3v) is 2.09. The zero-order chi connectivity index (χ0) is 5.40. The van der Waals surface area contributed by atoms with Crippen LogP contribution in [-0.4, -0.2) is 25.8 Å². The van der Waals surface area contributed by atoms with Crippen LogP contribution in [0.4, 0.5) is 0 Å². The largest absolute Gasteiger partial charge is 0.376 e. The first-order valence-electron chi connectivity index (χ1n) is 3.29. The minimum Gasteiger partial charge on any atom is -0.376 e. The van der Waals surface area contributed by atoms with Crippen molar-refractivity contribution in [3.05, 3.63) is 0 Å². The van der Waals surface area contributed by atoms with Crippen LogP contribution in [0.3, 0.4) is 0 Å². The summed E-state index contributed by atoms with van der Waals surface area (Å²) in [4.78, 5) is 0. The summed E-state index contributed by atoms with van der Waals surface area (Å²) in [5, 5.41) is 3.29. The molecule has 2 aliphatic rings. The standard InChI is InChI=1S/C6H11NO/c1-2-7-3-6-5(1)4-8-6/h5-7H,1-4H2/t5-,6-/m0/s1. The van der Waals surface area contributed by atoms with Crippen LogP contribution in [0.25, 0.3) is 0 Å². The maximum Gasteiger partial charge on any atom is 0.0750 e. The van der Waals surface area contributed by atoms with E-state index in [1.807, 2.05) is 0 Å². The molecule has 2 rings (SSSR count). The third-order valence-electron chi connectivity index (χ3n) is 2.09. The number of ether oxygens (including phenoxy) is 1. The second kappa shape index (κ2) is 1.71. The summed E-state index contributed by atoms with van der Waals surface area (Å²) in [6, 6.07) is 0. The molecule has 0 radical (unpaired) electrons. The lowest BCUT2D eigenvalue weighted by Gasteiger charge is -2.40. The summed E-state index contributed by atoms with van der Waals surface area (Å²) in [7, 11) is 0. The van der Waals surface area contributed by atoms with Crippen LogP contribution in [-0.2, 0) is 4.74 Å². The monoisotopic (exact) mass is 113 g/mol. The molecule has 0 unspecified atom stereocenters. The van der Waals surface area contributed by atoms with Gasteiger partial charge in [-0.25, -0.2) is 0 Å². The van der Waals surface area contributed by atoms with Gasteiger partial charge in [0.05, 0.1) is 12.7 Å². The molecule has 2 saturated heterocycles. The predicted octanol–water partition coefficient (Wildman–Crippen LogP) is -0.00530. The van der Waals surface area contributed by atoms with Crippen molar-refractivity contribution in [2.45, 2.75) is 12.5 Å². The molecular weight excluding hydrogens is 102 g/mol. The van der Waals surface area contributed by atoms with Gasteiger partial charge in [-0.3, -0.25) is 0 Å². The van der Waals surface area contributed by atoms with Gasteiger partial charge >= 0.3 is 0 Å². The summed E-state index contributed by atoms with van der Waals surface area (Å²) in [6.45, 7) is 3.31. The van der Waals surface area contributed by atoms with E-state index >= 15 is 0 Å². The zero-order valence-corrected chi connectivity index (χ0v) is 4.89. The lowest BCUT2D eigenvalue weighted by molar-refractivity contribution is -0.125. The Balaban J connectivity index is 1.92. The molecule has 0 amide bonds. The van der Waals surface area contributed by atoms with Crippen molar-refractivity contribution in [1.29, 1.82) is 0 Å². The highest BCUT2D eigenvalue weighted by atomic mass is 16.5. The fourth-order valence-corrected chi connectivity index (χ4v) is 1.39. The lowest BCUT2D eigenvalue weighted by atomic mass is 9.91. The molecule has 0 spiro atoms. The SMILES string of the molecule is C1C[C@H]2CO[C@H]2CN1. The Morgan fingerprint density at radius 1 is 1.50 bits per heavy atom. The molecule has 2 heteroatoms. The van der Waals surface area contributed by atoms with Crippen molar-refractivity contribution in [1.82, 2.24) is 5.32 Å². The average Bonchev–Trinajstić information content (AvgIpc) is 1.72. The zero-order valence-electron chi connectivity index (χ0n) is 4.89. The van der Waals surface area contributed by atoms with Crippen molar-refractivity contribution in [3.63, 3.8) is 0 Å². The van der Waals surface area contributed by atoms with E-state index in [9.17, 15) is 0 Å². The molecular formula is C6H11NO. The van der Waals surface area contributed by atoms with E-state index < -0.39 is 0 Å². The van der Waals surface area contributed by atoms with Crippen LogP contribution in [0.2, 0.25) is 0 Å². The number of rotatable bonds is 0. The molecule has 2 fully saturated rings. The molecule has 0 aromatic carbocycles. The van der Waals surface area contributed by atoms with Gasteiger partial charge in [0.15, 0.2) is 0 Å². The van der Waals surface area contributed by atoms with Crippen molar-refractivity contribution in [3.8, 4) is 0 Å². The van der Waals surface area contributed by atoms with Gasteiger partial charge < -0.3 is 10.1 Å². The quantitative estimate of drug-likeness (QED) is 0.477. The molecule has 2 heterocycles. The first-order valence-corrected chi connectivity index (χ1v) is 3.29. The van der Waals surface area contributed by atoms with E-state index in [1.54, 1.807) is 0 Å². The first kappa shape index (κ1) is 4.77. The van der Waals surface area contributed by atoms with Gasteiger partial charge in [-0.1, -0.05) is 0 Å². The summed E-state index contributed by atoms with van der Waals surface area (Å²) in [5.74, 6) is 0.899. The Labute approximate surface area is 49.2 Å². The van der Waals surface area contributed by atoms with E-state index in [-0.39, 0.29) is 0 Å². The van der Waals surface area contributed by atoms with Gasteiger partial charge in [-0.05, 0) is 13.0 Å². The molecule has 0 aromatic rings. The van der Waals surface area contributed by atoms with Gasteiger partial charge in [-0.15, -0.1) is 0 Å². The number of fused-ring (bicyclic) bond motifs is 1. The molecule has 2 aliphatic heterocycles. The summed E-state index contributed by atoms with van der Waals surface area (Å²) < 4.78 is 5.27. The molecule has 0 aliphatic carbocycles. The second-order valence-electron chi connectivity index (χ2n) is 2.62. The molecule has 2 atom stereocenters. The molecule has 0 saturated carbocycles. The van der Waals surface area contributed by atoms with Gasteiger partial charge in [0.1, 0.15) is 0 Å². The summed E-state index contributed by atoms with van der Waals surface area (Å²) in [6.07, 6.45) is 1.90. The minimum atomic E-state index is 0.573. The van der Waals surface area contributed by atoms with Crippen LogP contribution in [0.5, 0.6) is 0 Å². The summed E-state index contributed by atoms with van der Waals surface area (Å²) in [5.41, 5.74) is 0. The van der Waals surface area contributed by atoms with Gasteiger partial charge in [-0.2, -0.15) is 0 Å². The van der Waals surface area contributed by atoms with Crippen LogP contribution in [0.1, 0.15) is 6.42 Å². The Kier molecular flexibility index (Phi) is 1.02. The topological polar surface area (TPSA) is 21.3 Å². The Morgan fingerprint density at radius 2 is 2.50 bits per heavy atom. The lowest BCUT2D eigenvalue weighted by Crippen LogP contribution is -2.51. The predicted molar refractivity (Wildman–Crippen MR) is 30.7 cm³/mol. The van der Waals surface area contributed by atoms with Crippen molar-refractivity contribution in [2.75, 3.05) is 19.7 Å². The van der Waals surface area contributed by atoms with Gasteiger partial charge in [0, 0.05) is 12.5 Å². The van der Waals surface area contributed by atoms with Crippen molar-refractivity contribution in [2.24, 2.45) is 5.92 Å². The number of piperidine rings is 1. The highest BCUT2D eigenvalue weighted by Crippen LogP contribution is 2.24. The fraction of sp³-hybridized carbons (Fsp3) is 1.00. The molecule has 8 heavy (non-hydrogen) atoms. The smallest absolute Gasteiger partial charge is 0.0750 e. The van der Waals surface area contributed by atoms with Crippen LogP contribution < -0.4 is 5.32 Å². The van der Waals surface area contributed by atoms with E-state index in [4.69, 9.17) is 4.74 Å². The molecule has 0 aromatic heterocycles. The van der Waals surface area contributed by atoms with Crippen molar-refractivity contribution >= 4 is 0 Å². The minimum absolute atomic E-state index is 0.573. The highest BCUT2D eigenvalue weighted by Gasteiger charge is 2.33. The maximum absolute atomic E-state index is 5.27. The van der Waals surface area contributed by atoms with E-state index in [0.717, 1.165) is 19.1 Å². The summed E-state index contributed by atoms with van der Waals surface area (Å²) >= 11 is 0. The third kappa shape index (κ3) is 0.565. The molecule has 2 nitrogen and oxygen atoms in total. The Morgan fingerprint density at radius 3 is 2.88 bits per heavy atom. The number of hydrogen-bond donors (Lipinski definition) is 1. The normalized spacial score (nSPS) is 45.0. The van der Waals surface area contributed by atoms with Gasteiger partial charge in [0.25, 0.3) is 0 Å². The van der Waals surface area contributed by atoms with E-state index in [1.165, 1.54) is 13.0 Å². The fourth-order valence-electron chi connectivity index (χ4n) is 1.39. The molecule has 0 bridgehead atoms.